The first-order valence-electron chi connectivity index (χ1n) is 4.39. The number of aromatic nitrogens is 2. The predicted molar refractivity (Wildman–Crippen MR) is 54.6 cm³/mol. The molecule has 1 aromatic rings. The van der Waals surface area contributed by atoms with Crippen molar-refractivity contribution in [3.05, 3.63) is 56.4 Å². The molecule has 0 spiro atoms. The van der Waals surface area contributed by atoms with Crippen LogP contribution in [0.4, 0.5) is 11.6 Å². The van der Waals surface area contributed by atoms with Crippen LogP contribution >= 0.6 is 0 Å². The molecule has 17 heteroatoms. The van der Waals surface area contributed by atoms with Gasteiger partial charge >= 0.3 is 23.2 Å². The lowest BCUT2D eigenvalue weighted by Gasteiger charge is -2.01. The Hall–Kier alpha value is -3.79. The van der Waals surface area contributed by atoms with Crippen molar-refractivity contribution in [1.29, 1.82) is 0 Å². The molecule has 1 N–H and O–H groups in total. The van der Waals surface area contributed by atoms with Gasteiger partial charge < -0.3 is 20.2 Å². The smallest absolute Gasteiger partial charge is 0.358 e. The minimum atomic E-state index is -4.33. The van der Waals surface area contributed by atoms with Crippen LogP contribution in [0, 0.1) is 50.6 Å². The van der Waals surface area contributed by atoms with Crippen LogP contribution in [0.25, 0.3) is 0 Å². The number of hydrogen-bond acceptors (Lipinski definition) is 11. The van der Waals surface area contributed by atoms with Crippen molar-refractivity contribution in [2.45, 2.75) is 5.79 Å². The number of H-pyrrole nitrogens is 1. The Labute approximate surface area is 109 Å². The summed E-state index contributed by atoms with van der Waals surface area (Å²) >= 11 is 0. The monoisotopic (exact) mass is 307 g/mol. The Morgan fingerprint density at radius 2 is 1.24 bits per heavy atom. The highest BCUT2D eigenvalue weighted by Crippen LogP contribution is 2.31. The Balaban J connectivity index is 3.77. The molecule has 0 amide bonds. The summed E-state index contributed by atoms with van der Waals surface area (Å²) in [5.74, 6) is -9.31. The average Bonchev–Trinajstić information content (AvgIpc) is 2.73. The lowest BCUT2D eigenvalue weighted by atomic mass is 10.3. The van der Waals surface area contributed by atoms with E-state index in [9.17, 15) is 50.6 Å². The van der Waals surface area contributed by atoms with Crippen LogP contribution < -0.4 is 0 Å². The van der Waals surface area contributed by atoms with Crippen molar-refractivity contribution < 1.29 is 24.6 Å². The minimum Gasteiger partial charge on any atom is -0.358 e. The summed E-state index contributed by atoms with van der Waals surface area (Å²) in [5, 5.41) is 53.0. The number of rotatable bonds is 6. The van der Waals surface area contributed by atoms with Crippen molar-refractivity contribution in [3.63, 3.8) is 0 Å². The maximum Gasteiger partial charge on any atom is 0.807 e. The summed E-state index contributed by atoms with van der Waals surface area (Å²) in [6.07, 6.45) is 0. The highest BCUT2D eigenvalue weighted by Gasteiger charge is 2.82. The van der Waals surface area contributed by atoms with E-state index < -0.39 is 47.9 Å². The first kappa shape index (κ1) is 15.3. The van der Waals surface area contributed by atoms with Gasteiger partial charge in [0.2, 0.25) is 0 Å². The molecule has 0 aliphatic heterocycles. The number of imidazole rings is 1. The highest BCUT2D eigenvalue weighted by atomic mass is 16.7. The van der Waals surface area contributed by atoms with Crippen LogP contribution in [-0.2, 0) is 5.79 Å². The van der Waals surface area contributed by atoms with Crippen LogP contribution in [0.2, 0.25) is 0 Å². The molecule has 0 fully saturated rings. The van der Waals surface area contributed by atoms with Gasteiger partial charge in [-0.25, -0.2) is 0 Å². The van der Waals surface area contributed by atoms with Gasteiger partial charge in [0, 0.05) is 4.98 Å². The van der Waals surface area contributed by atoms with E-state index in [2.05, 4.69) is 4.98 Å². The van der Waals surface area contributed by atoms with E-state index in [1.54, 1.807) is 0 Å². The van der Waals surface area contributed by atoms with Gasteiger partial charge in [-0.05, 0) is 9.85 Å². The molecule has 0 saturated heterocycles. The topological polar surface area (TPSA) is 244 Å². The van der Waals surface area contributed by atoms with Crippen LogP contribution in [0.15, 0.2) is 0 Å². The fourth-order valence-electron chi connectivity index (χ4n) is 1.23. The highest BCUT2D eigenvalue weighted by molar-refractivity contribution is 5.41. The van der Waals surface area contributed by atoms with Gasteiger partial charge in [0.25, 0.3) is 0 Å². The predicted octanol–water partition coefficient (Wildman–Crippen LogP) is -0.834. The third kappa shape index (κ3) is 2.02. The number of nitro groups is 5. The molecule has 17 nitrogen and oxygen atoms in total. The Kier molecular flexibility index (Phi) is 3.43. The molecule has 0 aromatic carbocycles. The van der Waals surface area contributed by atoms with Crippen LogP contribution in [0.3, 0.4) is 0 Å². The second kappa shape index (κ2) is 4.71. The normalized spacial score (nSPS) is 10.9. The van der Waals surface area contributed by atoms with Gasteiger partial charge in [-0.2, -0.15) is 4.98 Å². The largest absolute Gasteiger partial charge is 0.807 e. The van der Waals surface area contributed by atoms with E-state index in [-0.39, 0.29) is 0 Å². The SMILES string of the molecule is O=[N+]([O-])c1nc(C([N+](=O)[O-])([N+](=O)[O-])[N+](=O)[O-])[nH]c1[N+](=O)[O-]. The van der Waals surface area contributed by atoms with Gasteiger partial charge in [-0.3, -0.25) is 30.3 Å². The molecule has 21 heavy (non-hydrogen) atoms. The number of aromatic amines is 1. The molecule has 0 aliphatic rings. The summed E-state index contributed by atoms with van der Waals surface area (Å²) in [6.45, 7) is 0. The Morgan fingerprint density at radius 1 is 0.810 bits per heavy atom. The first-order chi connectivity index (χ1) is 9.56. The number of nitrogens with zero attached hydrogens (tertiary/aromatic N) is 6. The van der Waals surface area contributed by atoms with E-state index in [0.717, 1.165) is 0 Å². The quantitative estimate of drug-likeness (QED) is 0.385. The number of hydrogen-bond donors (Lipinski definition) is 1. The van der Waals surface area contributed by atoms with Gasteiger partial charge in [0.1, 0.15) is 0 Å². The van der Waals surface area contributed by atoms with Crippen LogP contribution in [-0.4, -0.2) is 34.6 Å². The van der Waals surface area contributed by atoms with E-state index in [4.69, 9.17) is 0 Å². The third-order valence-corrected chi connectivity index (χ3v) is 2.10. The van der Waals surface area contributed by atoms with Crippen molar-refractivity contribution in [3.8, 4) is 0 Å². The zero-order valence-electron chi connectivity index (χ0n) is 9.27. The second-order valence-corrected chi connectivity index (χ2v) is 3.18. The molecule has 112 valence electrons. The lowest BCUT2D eigenvalue weighted by molar-refractivity contribution is -0.987. The molecule has 0 atom stereocenters. The number of nitrogens with one attached hydrogen (secondary N) is 1. The molecule has 1 heterocycles. The van der Waals surface area contributed by atoms with E-state index in [0.29, 0.717) is 0 Å². The molecule has 0 unspecified atom stereocenters. The molecule has 1 aromatic heterocycles. The van der Waals surface area contributed by atoms with Crippen molar-refractivity contribution >= 4 is 11.6 Å². The van der Waals surface area contributed by atoms with E-state index >= 15 is 0 Å². The van der Waals surface area contributed by atoms with Gasteiger partial charge in [-0.15, -0.1) is 0 Å². The van der Waals surface area contributed by atoms with Gasteiger partial charge in [0.05, 0.1) is 0 Å². The Bertz CT molecular complexity index is 607. The van der Waals surface area contributed by atoms with Crippen molar-refractivity contribution in [2.24, 2.45) is 0 Å². The summed E-state index contributed by atoms with van der Waals surface area (Å²) < 4.78 is 0. The zero-order chi connectivity index (χ0) is 16.5. The maximum atomic E-state index is 10.7. The summed E-state index contributed by atoms with van der Waals surface area (Å²) in [4.78, 5) is 48.0. The summed E-state index contributed by atoms with van der Waals surface area (Å²) in [5.41, 5.74) is 0. The lowest BCUT2D eigenvalue weighted by Crippen LogP contribution is -2.51. The Morgan fingerprint density at radius 3 is 1.48 bits per heavy atom. The fraction of sp³-hybridized carbons (Fsp3) is 0.250. The van der Waals surface area contributed by atoms with Gasteiger partial charge in [0.15, 0.2) is 14.8 Å². The van der Waals surface area contributed by atoms with E-state index in [1.807, 2.05) is 0 Å². The molecule has 0 aliphatic carbocycles. The summed E-state index contributed by atoms with van der Waals surface area (Å²) in [6, 6.07) is 0. The molecular weight excluding hydrogens is 306 g/mol. The maximum absolute atomic E-state index is 10.7. The molecule has 1 rings (SSSR count). The van der Waals surface area contributed by atoms with Crippen molar-refractivity contribution in [2.75, 3.05) is 0 Å². The third-order valence-electron chi connectivity index (χ3n) is 2.10. The van der Waals surface area contributed by atoms with Crippen LogP contribution in [0.1, 0.15) is 5.82 Å². The standard InChI is InChI=1S/C4HN7O10/c12-7(13)1-2(8(14)15)6-3(5-1)4(9(16)17,10(18)19)11(20)21/h(H,5,6). The van der Waals surface area contributed by atoms with Gasteiger partial charge in [-0.1, -0.05) is 0 Å². The second-order valence-electron chi connectivity index (χ2n) is 3.18. The van der Waals surface area contributed by atoms with E-state index in [1.165, 1.54) is 4.98 Å². The molecule has 0 bridgehead atoms. The molecule has 0 saturated carbocycles. The summed E-state index contributed by atoms with van der Waals surface area (Å²) in [7, 11) is 0. The average molecular weight is 307 g/mol. The van der Waals surface area contributed by atoms with Crippen molar-refractivity contribution in [1.82, 2.24) is 9.97 Å². The minimum absolute atomic E-state index is 1.27. The zero-order valence-corrected chi connectivity index (χ0v) is 9.27. The van der Waals surface area contributed by atoms with Crippen LogP contribution in [0.5, 0.6) is 0 Å². The molecule has 0 radical (unpaired) electrons. The fourth-order valence-corrected chi connectivity index (χ4v) is 1.23. The first-order valence-corrected chi connectivity index (χ1v) is 4.39. The molecular formula is C4HN7O10.